The van der Waals surface area contributed by atoms with Gasteiger partial charge in [-0.3, -0.25) is 0 Å². The van der Waals surface area contributed by atoms with Crippen molar-refractivity contribution in [1.29, 1.82) is 0 Å². The zero-order chi connectivity index (χ0) is 13.1. The first-order valence-electron chi connectivity index (χ1n) is 7.00. The Hall–Kier alpha value is -1.78. The number of aryl methyl sites for hydroxylation is 1. The van der Waals surface area contributed by atoms with Gasteiger partial charge in [-0.25, -0.2) is 0 Å². The highest BCUT2D eigenvalue weighted by Crippen LogP contribution is 2.32. The number of aromatic nitrogens is 3. The fourth-order valence-electron chi connectivity index (χ4n) is 2.67. The highest BCUT2D eigenvalue weighted by molar-refractivity contribution is 5.21. The van der Waals surface area contributed by atoms with Crippen LogP contribution in [0, 0.1) is 0 Å². The Labute approximate surface area is 113 Å². The van der Waals surface area contributed by atoms with E-state index in [1.165, 1.54) is 37.8 Å². The summed E-state index contributed by atoms with van der Waals surface area (Å²) in [4.78, 5) is 0. The SMILES string of the molecule is Cn1cccc1CNc1nnc(C2CCCCC2)o1. The van der Waals surface area contributed by atoms with Crippen molar-refractivity contribution in [3.63, 3.8) is 0 Å². The number of rotatable bonds is 4. The van der Waals surface area contributed by atoms with E-state index in [9.17, 15) is 0 Å². The molecule has 0 saturated heterocycles. The summed E-state index contributed by atoms with van der Waals surface area (Å²) in [5, 5.41) is 11.4. The lowest BCUT2D eigenvalue weighted by Crippen LogP contribution is -2.05. The molecule has 0 amide bonds. The minimum absolute atomic E-state index is 0.465. The van der Waals surface area contributed by atoms with Crippen LogP contribution in [0.1, 0.15) is 49.6 Å². The topological polar surface area (TPSA) is 55.9 Å². The molecular formula is C14H20N4O. The van der Waals surface area contributed by atoms with E-state index in [2.05, 4.69) is 26.1 Å². The van der Waals surface area contributed by atoms with E-state index in [4.69, 9.17) is 4.42 Å². The monoisotopic (exact) mass is 260 g/mol. The van der Waals surface area contributed by atoms with Crippen molar-refractivity contribution in [3.8, 4) is 0 Å². The average molecular weight is 260 g/mol. The van der Waals surface area contributed by atoms with Gasteiger partial charge in [0.05, 0.1) is 6.54 Å². The second kappa shape index (κ2) is 5.47. The third-order valence-corrected chi connectivity index (χ3v) is 3.87. The lowest BCUT2D eigenvalue weighted by molar-refractivity contribution is 0.367. The summed E-state index contributed by atoms with van der Waals surface area (Å²) in [6.45, 7) is 0.704. The normalized spacial score (nSPS) is 16.7. The molecule has 0 aliphatic heterocycles. The molecule has 5 nitrogen and oxygen atoms in total. The first-order chi connectivity index (χ1) is 9.33. The summed E-state index contributed by atoms with van der Waals surface area (Å²) in [5.74, 6) is 1.26. The molecule has 19 heavy (non-hydrogen) atoms. The number of nitrogens with one attached hydrogen (secondary N) is 1. The van der Waals surface area contributed by atoms with Gasteiger partial charge in [0.15, 0.2) is 0 Å². The second-order valence-electron chi connectivity index (χ2n) is 5.24. The quantitative estimate of drug-likeness (QED) is 0.918. The van der Waals surface area contributed by atoms with Crippen LogP contribution in [-0.4, -0.2) is 14.8 Å². The molecule has 1 aliphatic carbocycles. The van der Waals surface area contributed by atoms with Gasteiger partial charge in [-0.15, -0.1) is 5.10 Å². The van der Waals surface area contributed by atoms with Crippen molar-refractivity contribution >= 4 is 6.01 Å². The number of nitrogens with zero attached hydrogens (tertiary/aromatic N) is 3. The molecule has 2 aromatic heterocycles. The zero-order valence-electron chi connectivity index (χ0n) is 11.3. The molecule has 1 N–H and O–H groups in total. The third-order valence-electron chi connectivity index (χ3n) is 3.87. The number of hydrogen-bond acceptors (Lipinski definition) is 4. The molecule has 0 radical (unpaired) electrons. The Morgan fingerprint density at radius 3 is 2.89 bits per heavy atom. The molecule has 2 aromatic rings. The molecule has 102 valence electrons. The fraction of sp³-hybridized carbons (Fsp3) is 0.571. The standard InChI is InChI=1S/C14H20N4O/c1-18-9-5-8-12(18)10-15-14-17-16-13(19-14)11-6-3-2-4-7-11/h5,8-9,11H,2-4,6-7,10H2,1H3,(H,15,17). The smallest absolute Gasteiger partial charge is 0.315 e. The molecule has 0 spiro atoms. The lowest BCUT2D eigenvalue weighted by Gasteiger charge is -2.17. The predicted molar refractivity (Wildman–Crippen MR) is 72.9 cm³/mol. The van der Waals surface area contributed by atoms with Gasteiger partial charge in [0.1, 0.15) is 0 Å². The summed E-state index contributed by atoms with van der Waals surface area (Å²) in [6, 6.07) is 4.63. The molecule has 3 rings (SSSR count). The number of hydrogen-bond donors (Lipinski definition) is 1. The van der Waals surface area contributed by atoms with Crippen LogP contribution in [0.2, 0.25) is 0 Å². The van der Waals surface area contributed by atoms with Crippen LogP contribution in [0.3, 0.4) is 0 Å². The van der Waals surface area contributed by atoms with Crippen molar-refractivity contribution in [2.24, 2.45) is 7.05 Å². The zero-order valence-corrected chi connectivity index (χ0v) is 11.3. The highest BCUT2D eigenvalue weighted by atomic mass is 16.4. The summed E-state index contributed by atoms with van der Waals surface area (Å²) < 4.78 is 7.79. The van der Waals surface area contributed by atoms with Gasteiger partial charge in [-0.05, 0) is 25.0 Å². The van der Waals surface area contributed by atoms with Crippen molar-refractivity contribution < 1.29 is 4.42 Å². The molecule has 5 heteroatoms. The maximum Gasteiger partial charge on any atom is 0.315 e. The van der Waals surface area contributed by atoms with Gasteiger partial charge in [0, 0.05) is 24.9 Å². The molecule has 0 bridgehead atoms. The van der Waals surface area contributed by atoms with E-state index in [1.54, 1.807) is 0 Å². The van der Waals surface area contributed by atoms with Crippen molar-refractivity contribution in [1.82, 2.24) is 14.8 Å². The van der Waals surface area contributed by atoms with E-state index >= 15 is 0 Å². The molecule has 0 unspecified atom stereocenters. The van der Waals surface area contributed by atoms with Gasteiger partial charge in [0.2, 0.25) is 5.89 Å². The van der Waals surface area contributed by atoms with Crippen molar-refractivity contribution in [2.75, 3.05) is 5.32 Å². The molecular weight excluding hydrogens is 240 g/mol. The van der Waals surface area contributed by atoms with Crippen LogP contribution in [0.5, 0.6) is 0 Å². The van der Waals surface area contributed by atoms with Gasteiger partial charge in [0.25, 0.3) is 0 Å². The van der Waals surface area contributed by atoms with Crippen molar-refractivity contribution in [2.45, 2.75) is 44.6 Å². The summed E-state index contributed by atoms with van der Waals surface area (Å²) in [7, 11) is 2.03. The molecule has 1 aliphatic rings. The first-order valence-corrected chi connectivity index (χ1v) is 7.00. The van der Waals surface area contributed by atoms with E-state index in [0.717, 1.165) is 5.89 Å². The molecule has 2 heterocycles. The Morgan fingerprint density at radius 1 is 1.32 bits per heavy atom. The van der Waals surface area contributed by atoms with E-state index in [-0.39, 0.29) is 0 Å². The minimum atomic E-state index is 0.465. The predicted octanol–water partition coefficient (Wildman–Crippen LogP) is 3.07. The van der Waals surface area contributed by atoms with Crippen LogP contribution in [0.4, 0.5) is 6.01 Å². The van der Waals surface area contributed by atoms with Gasteiger partial charge < -0.3 is 14.3 Å². The molecule has 0 aromatic carbocycles. The fourth-order valence-corrected chi connectivity index (χ4v) is 2.67. The summed E-state index contributed by atoms with van der Waals surface area (Å²) >= 11 is 0. The lowest BCUT2D eigenvalue weighted by atomic mass is 9.89. The van der Waals surface area contributed by atoms with Crippen molar-refractivity contribution in [3.05, 3.63) is 29.9 Å². The van der Waals surface area contributed by atoms with Crippen LogP contribution < -0.4 is 5.32 Å². The van der Waals surface area contributed by atoms with Gasteiger partial charge >= 0.3 is 6.01 Å². The Morgan fingerprint density at radius 2 is 2.16 bits per heavy atom. The Balaban J connectivity index is 1.60. The highest BCUT2D eigenvalue weighted by Gasteiger charge is 2.21. The average Bonchev–Trinajstić information content (AvgIpc) is 3.06. The second-order valence-corrected chi connectivity index (χ2v) is 5.24. The molecule has 1 fully saturated rings. The maximum atomic E-state index is 5.72. The van der Waals surface area contributed by atoms with Crippen LogP contribution in [0.15, 0.2) is 22.7 Å². The van der Waals surface area contributed by atoms with E-state index < -0.39 is 0 Å². The Kier molecular flexibility index (Phi) is 3.53. The summed E-state index contributed by atoms with van der Waals surface area (Å²) in [6.07, 6.45) is 8.28. The first kappa shape index (κ1) is 12.3. The minimum Gasteiger partial charge on any atom is -0.408 e. The Bertz CT molecular complexity index is 525. The maximum absolute atomic E-state index is 5.72. The van der Waals surface area contributed by atoms with E-state index in [1.807, 2.05) is 19.3 Å². The van der Waals surface area contributed by atoms with Crippen LogP contribution in [0.25, 0.3) is 0 Å². The van der Waals surface area contributed by atoms with Gasteiger partial charge in [-0.1, -0.05) is 24.4 Å². The van der Waals surface area contributed by atoms with Crippen LogP contribution in [-0.2, 0) is 13.6 Å². The van der Waals surface area contributed by atoms with Gasteiger partial charge in [-0.2, -0.15) is 0 Å². The van der Waals surface area contributed by atoms with E-state index in [0.29, 0.717) is 18.5 Å². The molecule has 0 atom stereocenters. The number of anilines is 1. The molecule has 1 saturated carbocycles. The third kappa shape index (κ3) is 2.80. The summed E-state index contributed by atoms with van der Waals surface area (Å²) in [5.41, 5.74) is 1.19. The largest absolute Gasteiger partial charge is 0.408 e. The van der Waals surface area contributed by atoms with Crippen LogP contribution >= 0.6 is 0 Å².